The number of rotatable bonds is 6. The lowest BCUT2D eigenvalue weighted by molar-refractivity contribution is -0.138. The molecule has 0 bridgehead atoms. The van der Waals surface area contributed by atoms with Crippen LogP contribution in [0.15, 0.2) is 12.2 Å². The van der Waals surface area contributed by atoms with Crippen molar-refractivity contribution in [1.29, 1.82) is 0 Å². The van der Waals surface area contributed by atoms with Crippen molar-refractivity contribution in [3.05, 3.63) is 12.2 Å². The fourth-order valence-corrected chi connectivity index (χ4v) is 1.95. The zero-order valence-electron chi connectivity index (χ0n) is 10.5. The Kier molecular flexibility index (Phi) is 4.27. The summed E-state index contributed by atoms with van der Waals surface area (Å²) in [6.07, 6.45) is 7.32. The van der Waals surface area contributed by atoms with Crippen molar-refractivity contribution in [2.75, 3.05) is 6.54 Å². The Labute approximate surface area is 97.5 Å². The van der Waals surface area contributed by atoms with E-state index in [-0.39, 0.29) is 17.2 Å². The topological polar surface area (TPSA) is 37.4 Å². The van der Waals surface area contributed by atoms with Gasteiger partial charge in [-0.3, -0.25) is 14.5 Å². The molecule has 1 rings (SSSR count). The molecule has 2 amide bonds. The fraction of sp³-hybridized carbons (Fsp3) is 0.692. The number of imide groups is 1. The molecule has 0 saturated carbocycles. The van der Waals surface area contributed by atoms with Crippen LogP contribution in [0.5, 0.6) is 0 Å². The molecule has 0 radical (unpaired) electrons. The number of amides is 2. The average molecular weight is 223 g/mol. The minimum atomic E-state index is -0.173. The highest BCUT2D eigenvalue weighted by Gasteiger charge is 2.29. The molecule has 0 aromatic carbocycles. The monoisotopic (exact) mass is 223 g/mol. The largest absolute Gasteiger partial charge is 0.275 e. The number of hydrogen-bond acceptors (Lipinski definition) is 2. The van der Waals surface area contributed by atoms with Gasteiger partial charge in [-0.25, -0.2) is 0 Å². The lowest BCUT2D eigenvalue weighted by Crippen LogP contribution is -2.38. The summed E-state index contributed by atoms with van der Waals surface area (Å²) in [4.78, 5) is 24.2. The number of carbonyl (C=O) groups is 2. The number of hydrogen-bond donors (Lipinski definition) is 0. The molecule has 1 aliphatic rings. The third kappa shape index (κ3) is 3.47. The van der Waals surface area contributed by atoms with E-state index in [1.165, 1.54) is 29.9 Å². The van der Waals surface area contributed by atoms with Crippen LogP contribution in [0.4, 0.5) is 0 Å². The third-order valence-corrected chi connectivity index (χ3v) is 2.94. The lowest BCUT2D eigenvalue weighted by atomic mass is 9.86. The van der Waals surface area contributed by atoms with Crippen molar-refractivity contribution in [3.8, 4) is 0 Å². The Bertz CT molecular complexity index is 287. The highest BCUT2D eigenvalue weighted by Crippen LogP contribution is 2.26. The van der Waals surface area contributed by atoms with Crippen molar-refractivity contribution < 1.29 is 9.59 Å². The Morgan fingerprint density at radius 2 is 1.69 bits per heavy atom. The van der Waals surface area contributed by atoms with Crippen LogP contribution < -0.4 is 0 Å². The molecule has 0 aliphatic carbocycles. The van der Waals surface area contributed by atoms with E-state index in [0.717, 1.165) is 12.8 Å². The number of nitrogens with zero attached hydrogens (tertiary/aromatic N) is 1. The first-order chi connectivity index (χ1) is 7.46. The zero-order chi connectivity index (χ0) is 12.2. The Morgan fingerprint density at radius 1 is 1.12 bits per heavy atom. The van der Waals surface area contributed by atoms with Crippen LogP contribution in [0.1, 0.15) is 46.5 Å². The molecule has 0 spiro atoms. The van der Waals surface area contributed by atoms with Crippen LogP contribution in [-0.4, -0.2) is 23.3 Å². The first kappa shape index (κ1) is 12.9. The standard InChI is InChI=1S/C13H21NO2/c1-4-5-6-9-13(2,3)10-14-11(15)7-8-12(14)16/h7-8H,4-6,9-10H2,1-3H3. The van der Waals surface area contributed by atoms with Gasteiger partial charge >= 0.3 is 0 Å². The highest BCUT2D eigenvalue weighted by atomic mass is 16.2. The number of unbranched alkanes of at least 4 members (excludes halogenated alkanes) is 2. The predicted octanol–water partition coefficient (Wildman–Crippen LogP) is 2.52. The van der Waals surface area contributed by atoms with Crippen LogP contribution in [-0.2, 0) is 9.59 Å². The zero-order valence-corrected chi connectivity index (χ0v) is 10.5. The van der Waals surface area contributed by atoms with Gasteiger partial charge in [0.15, 0.2) is 0 Å². The summed E-state index contributed by atoms with van der Waals surface area (Å²) in [5.74, 6) is -0.345. The molecule has 3 nitrogen and oxygen atoms in total. The quantitative estimate of drug-likeness (QED) is 0.512. The first-order valence-electron chi connectivity index (χ1n) is 6.00. The molecule has 1 heterocycles. The highest BCUT2D eigenvalue weighted by molar-refractivity contribution is 6.12. The normalized spacial score (nSPS) is 16.3. The van der Waals surface area contributed by atoms with E-state index < -0.39 is 0 Å². The van der Waals surface area contributed by atoms with Gasteiger partial charge in [0.25, 0.3) is 11.8 Å². The molecular weight excluding hydrogens is 202 g/mol. The van der Waals surface area contributed by atoms with Crippen molar-refractivity contribution >= 4 is 11.8 Å². The summed E-state index contributed by atoms with van der Waals surface area (Å²) in [7, 11) is 0. The van der Waals surface area contributed by atoms with Crippen molar-refractivity contribution in [2.45, 2.75) is 46.5 Å². The molecule has 0 unspecified atom stereocenters. The summed E-state index contributed by atoms with van der Waals surface area (Å²) in [5, 5.41) is 0. The summed E-state index contributed by atoms with van der Waals surface area (Å²) in [6, 6.07) is 0. The molecular formula is C13H21NO2. The van der Waals surface area contributed by atoms with Gasteiger partial charge in [0.2, 0.25) is 0 Å². The van der Waals surface area contributed by atoms with E-state index in [9.17, 15) is 9.59 Å². The minimum Gasteiger partial charge on any atom is -0.275 e. The summed E-state index contributed by atoms with van der Waals surface area (Å²) < 4.78 is 0. The van der Waals surface area contributed by atoms with Crippen LogP contribution in [0, 0.1) is 5.41 Å². The van der Waals surface area contributed by atoms with Crippen LogP contribution in [0.25, 0.3) is 0 Å². The molecule has 0 N–H and O–H groups in total. The van der Waals surface area contributed by atoms with E-state index in [1.54, 1.807) is 0 Å². The van der Waals surface area contributed by atoms with Crippen molar-refractivity contribution in [1.82, 2.24) is 4.90 Å². The van der Waals surface area contributed by atoms with Crippen molar-refractivity contribution in [3.63, 3.8) is 0 Å². The van der Waals surface area contributed by atoms with E-state index in [2.05, 4.69) is 20.8 Å². The minimum absolute atomic E-state index is 0.0203. The van der Waals surface area contributed by atoms with Gasteiger partial charge in [0.1, 0.15) is 0 Å². The van der Waals surface area contributed by atoms with Gasteiger partial charge in [0, 0.05) is 18.7 Å². The van der Waals surface area contributed by atoms with Gasteiger partial charge in [-0.05, 0) is 11.8 Å². The SMILES string of the molecule is CCCCCC(C)(C)CN1C(=O)C=CC1=O. The van der Waals surface area contributed by atoms with E-state index in [4.69, 9.17) is 0 Å². The van der Waals surface area contributed by atoms with Gasteiger partial charge in [-0.1, -0.05) is 40.0 Å². The molecule has 0 atom stereocenters. The van der Waals surface area contributed by atoms with Crippen LogP contribution in [0.2, 0.25) is 0 Å². The molecule has 1 aliphatic heterocycles. The molecule has 90 valence electrons. The second-order valence-corrected chi connectivity index (χ2v) is 5.22. The molecule has 0 aromatic rings. The Hall–Kier alpha value is -1.12. The summed E-state index contributed by atoms with van der Waals surface area (Å²) >= 11 is 0. The Morgan fingerprint density at radius 3 is 2.19 bits per heavy atom. The van der Waals surface area contributed by atoms with E-state index >= 15 is 0 Å². The van der Waals surface area contributed by atoms with Crippen molar-refractivity contribution in [2.24, 2.45) is 5.41 Å². The maximum absolute atomic E-state index is 11.4. The first-order valence-corrected chi connectivity index (χ1v) is 6.00. The lowest BCUT2D eigenvalue weighted by Gasteiger charge is -2.29. The molecule has 16 heavy (non-hydrogen) atoms. The van der Waals surface area contributed by atoms with Gasteiger partial charge < -0.3 is 0 Å². The maximum Gasteiger partial charge on any atom is 0.253 e. The molecule has 0 saturated heterocycles. The van der Waals surface area contributed by atoms with Gasteiger partial charge in [0.05, 0.1) is 0 Å². The smallest absolute Gasteiger partial charge is 0.253 e. The number of carbonyl (C=O) groups excluding carboxylic acids is 2. The van der Waals surface area contributed by atoms with E-state index in [1.807, 2.05) is 0 Å². The van der Waals surface area contributed by atoms with Crippen LogP contribution in [0.3, 0.4) is 0 Å². The van der Waals surface area contributed by atoms with Gasteiger partial charge in [-0.15, -0.1) is 0 Å². The molecule has 0 aromatic heterocycles. The molecule has 3 heteroatoms. The fourth-order valence-electron chi connectivity index (χ4n) is 1.95. The summed E-state index contributed by atoms with van der Waals surface area (Å²) in [5.41, 5.74) is 0.0203. The maximum atomic E-state index is 11.4. The Balaban J connectivity index is 2.46. The second-order valence-electron chi connectivity index (χ2n) is 5.22. The second kappa shape index (κ2) is 5.28. The average Bonchev–Trinajstić information content (AvgIpc) is 2.49. The predicted molar refractivity (Wildman–Crippen MR) is 63.8 cm³/mol. The van der Waals surface area contributed by atoms with Crippen LogP contribution >= 0.6 is 0 Å². The van der Waals surface area contributed by atoms with Gasteiger partial charge in [-0.2, -0.15) is 0 Å². The molecule has 0 fully saturated rings. The third-order valence-electron chi connectivity index (χ3n) is 2.94. The van der Waals surface area contributed by atoms with E-state index in [0.29, 0.717) is 6.54 Å². The summed E-state index contributed by atoms with van der Waals surface area (Å²) in [6.45, 7) is 6.93.